The maximum absolute atomic E-state index is 11.2. The van der Waals surface area contributed by atoms with Gasteiger partial charge in [0.2, 0.25) is 5.12 Å². The summed E-state index contributed by atoms with van der Waals surface area (Å²) in [5.41, 5.74) is 1.64. The van der Waals surface area contributed by atoms with Gasteiger partial charge in [0.25, 0.3) is 0 Å². The first-order valence-corrected chi connectivity index (χ1v) is 5.92. The molecule has 0 radical (unpaired) electrons. The third kappa shape index (κ3) is 1.11. The molecule has 0 bridgehead atoms. The van der Waals surface area contributed by atoms with Crippen LogP contribution in [0.2, 0.25) is 0 Å². The Morgan fingerprint density at radius 3 is 2.92 bits per heavy atom. The van der Waals surface area contributed by atoms with Crippen molar-refractivity contribution in [3.05, 3.63) is 29.3 Å². The highest BCUT2D eigenvalue weighted by Crippen LogP contribution is 2.34. The second-order valence-corrected chi connectivity index (χ2v) is 5.46. The predicted molar refractivity (Wildman–Crippen MR) is 49.5 cm³/mol. The first kappa shape index (κ1) is 8.01. The van der Waals surface area contributed by atoms with Crippen molar-refractivity contribution in [2.75, 3.05) is 0 Å². The number of carbonyl (C=O) groups is 1. The topological polar surface area (TPSA) is 34.1 Å². The summed E-state index contributed by atoms with van der Waals surface area (Å²) in [5.74, 6) is 0. The van der Waals surface area contributed by atoms with Gasteiger partial charge in [-0.05, 0) is 19.1 Å². The van der Waals surface area contributed by atoms with Gasteiger partial charge in [0.1, 0.15) is 9.83 Å². The molecular weight excluding hydrogens is 192 g/mol. The van der Waals surface area contributed by atoms with Gasteiger partial charge in [-0.3, -0.25) is 4.79 Å². The highest BCUT2D eigenvalue weighted by molar-refractivity contribution is 8.76. The van der Waals surface area contributed by atoms with Crippen molar-refractivity contribution in [3.8, 4) is 0 Å². The molecule has 0 N–H and O–H groups in total. The van der Waals surface area contributed by atoms with Crippen LogP contribution in [0.25, 0.3) is 0 Å². The Morgan fingerprint density at radius 2 is 2.17 bits per heavy atom. The lowest BCUT2D eigenvalue weighted by Gasteiger charge is -1.95. The standard InChI is InChI=1S/C8H6O2S2/c1-5-2-3-7-6(4-5)8(9)11-12(7)10/h2-4H,1H3. The minimum atomic E-state index is -1.17. The van der Waals surface area contributed by atoms with Crippen molar-refractivity contribution >= 4 is 25.7 Å². The van der Waals surface area contributed by atoms with Gasteiger partial charge in [-0.1, -0.05) is 11.6 Å². The summed E-state index contributed by atoms with van der Waals surface area (Å²) in [5, 5.41) is -0.0768. The number of fused-ring (bicyclic) bond motifs is 1. The quantitative estimate of drug-likeness (QED) is 0.597. The largest absolute Gasteiger partial charge is 0.280 e. The van der Waals surface area contributed by atoms with Gasteiger partial charge in [-0.25, -0.2) is 4.21 Å². The van der Waals surface area contributed by atoms with E-state index in [4.69, 9.17) is 0 Å². The fraction of sp³-hybridized carbons (Fsp3) is 0.125. The highest BCUT2D eigenvalue weighted by atomic mass is 33.1. The molecule has 0 amide bonds. The Balaban J connectivity index is 2.68. The molecule has 2 nitrogen and oxygen atoms in total. The van der Waals surface area contributed by atoms with Gasteiger partial charge in [-0.15, -0.1) is 0 Å². The van der Waals surface area contributed by atoms with Crippen LogP contribution in [0.4, 0.5) is 0 Å². The van der Waals surface area contributed by atoms with Crippen molar-refractivity contribution in [2.45, 2.75) is 11.8 Å². The monoisotopic (exact) mass is 198 g/mol. The molecule has 1 aliphatic rings. The van der Waals surface area contributed by atoms with E-state index in [2.05, 4.69) is 0 Å². The van der Waals surface area contributed by atoms with Crippen LogP contribution in [0, 0.1) is 6.92 Å². The Labute approximate surface area is 76.2 Å². The Kier molecular flexibility index (Phi) is 1.81. The van der Waals surface area contributed by atoms with Gasteiger partial charge in [0.05, 0.1) is 4.90 Å². The molecule has 1 heterocycles. The minimum Gasteiger partial charge on any atom is -0.280 e. The number of rotatable bonds is 0. The average Bonchev–Trinajstić information content (AvgIpc) is 2.28. The number of benzene rings is 1. The molecule has 1 aromatic carbocycles. The molecule has 12 heavy (non-hydrogen) atoms. The van der Waals surface area contributed by atoms with Crippen molar-refractivity contribution in [1.82, 2.24) is 0 Å². The van der Waals surface area contributed by atoms with Crippen LogP contribution in [0.15, 0.2) is 23.1 Å². The Morgan fingerprint density at radius 1 is 1.42 bits per heavy atom. The second-order valence-electron chi connectivity index (χ2n) is 2.61. The third-order valence-corrected chi connectivity index (χ3v) is 4.37. The first-order chi connectivity index (χ1) is 5.68. The zero-order valence-corrected chi connectivity index (χ0v) is 8.00. The molecule has 0 aromatic heterocycles. The van der Waals surface area contributed by atoms with Crippen molar-refractivity contribution in [3.63, 3.8) is 0 Å². The van der Waals surface area contributed by atoms with Crippen LogP contribution in [0.3, 0.4) is 0 Å². The van der Waals surface area contributed by atoms with Crippen LogP contribution in [-0.2, 0) is 9.83 Å². The van der Waals surface area contributed by atoms with Crippen LogP contribution >= 0.6 is 10.8 Å². The number of aryl methyl sites for hydroxylation is 1. The summed E-state index contributed by atoms with van der Waals surface area (Å²) in [6.45, 7) is 1.92. The number of hydrogen-bond acceptors (Lipinski definition) is 3. The molecule has 0 saturated heterocycles. The predicted octanol–water partition coefficient (Wildman–Crippen LogP) is 1.90. The summed E-state index contributed by atoms with van der Waals surface area (Å²) in [6.07, 6.45) is 0. The molecule has 1 aliphatic heterocycles. The highest BCUT2D eigenvalue weighted by Gasteiger charge is 2.27. The lowest BCUT2D eigenvalue weighted by molar-refractivity contribution is 0.108. The van der Waals surface area contributed by atoms with Gasteiger partial charge in [0, 0.05) is 16.4 Å². The van der Waals surface area contributed by atoms with E-state index in [1.807, 2.05) is 13.0 Å². The zero-order chi connectivity index (χ0) is 8.72. The van der Waals surface area contributed by atoms with E-state index in [9.17, 15) is 9.00 Å². The molecule has 1 atom stereocenters. The number of hydrogen-bond donors (Lipinski definition) is 0. The number of carbonyl (C=O) groups excluding carboxylic acids is 1. The minimum absolute atomic E-state index is 0.0768. The lowest BCUT2D eigenvalue weighted by atomic mass is 10.1. The summed E-state index contributed by atoms with van der Waals surface area (Å²) in [4.78, 5) is 11.9. The molecule has 0 aliphatic carbocycles. The third-order valence-electron chi connectivity index (χ3n) is 1.69. The SMILES string of the molecule is Cc1ccc2c(c1)C(=O)SS2=O. The second kappa shape index (κ2) is 2.71. The fourth-order valence-corrected chi connectivity index (χ4v) is 3.56. The van der Waals surface area contributed by atoms with Crippen molar-refractivity contribution < 1.29 is 9.00 Å². The molecule has 0 fully saturated rings. The van der Waals surface area contributed by atoms with E-state index >= 15 is 0 Å². The van der Waals surface area contributed by atoms with E-state index in [1.54, 1.807) is 12.1 Å². The Hall–Kier alpha value is -0.610. The van der Waals surface area contributed by atoms with Gasteiger partial charge >= 0.3 is 0 Å². The molecule has 1 unspecified atom stereocenters. The van der Waals surface area contributed by atoms with Crippen LogP contribution in [-0.4, -0.2) is 9.32 Å². The summed E-state index contributed by atoms with van der Waals surface area (Å²) < 4.78 is 11.2. The normalized spacial score (nSPS) is 21.1. The van der Waals surface area contributed by atoms with Crippen molar-refractivity contribution in [2.24, 2.45) is 0 Å². The van der Waals surface area contributed by atoms with E-state index in [1.165, 1.54) is 0 Å². The summed E-state index contributed by atoms with van der Waals surface area (Å²) in [7, 11) is -0.278. The zero-order valence-electron chi connectivity index (χ0n) is 6.37. The van der Waals surface area contributed by atoms with Gasteiger partial charge < -0.3 is 0 Å². The Bertz CT molecular complexity index is 385. The summed E-state index contributed by atoms with van der Waals surface area (Å²) in [6, 6.07) is 5.42. The molecule has 4 heteroatoms. The molecule has 2 rings (SSSR count). The molecule has 1 aromatic rings. The van der Waals surface area contributed by atoms with Gasteiger partial charge in [0.15, 0.2) is 0 Å². The van der Waals surface area contributed by atoms with E-state index in [0.29, 0.717) is 10.5 Å². The van der Waals surface area contributed by atoms with Crippen LogP contribution in [0.1, 0.15) is 15.9 Å². The van der Waals surface area contributed by atoms with Crippen molar-refractivity contribution in [1.29, 1.82) is 0 Å². The van der Waals surface area contributed by atoms with Gasteiger partial charge in [-0.2, -0.15) is 0 Å². The van der Waals surface area contributed by atoms with Crippen LogP contribution in [0.5, 0.6) is 0 Å². The van der Waals surface area contributed by atoms with Crippen LogP contribution < -0.4 is 0 Å². The maximum Gasteiger partial charge on any atom is 0.233 e. The molecular formula is C8H6O2S2. The molecule has 62 valence electrons. The summed E-state index contributed by atoms with van der Waals surface area (Å²) >= 11 is 0. The maximum atomic E-state index is 11.2. The smallest absolute Gasteiger partial charge is 0.233 e. The molecule has 0 spiro atoms. The fourth-order valence-electron chi connectivity index (χ4n) is 1.11. The van der Waals surface area contributed by atoms with E-state index < -0.39 is 9.83 Å². The van der Waals surface area contributed by atoms with E-state index in [-0.39, 0.29) is 5.12 Å². The van der Waals surface area contributed by atoms with E-state index in [0.717, 1.165) is 16.4 Å². The molecule has 0 saturated carbocycles. The average molecular weight is 198 g/mol. The lowest BCUT2D eigenvalue weighted by Crippen LogP contribution is -1.88. The first-order valence-electron chi connectivity index (χ1n) is 3.43.